The van der Waals surface area contributed by atoms with Crippen molar-refractivity contribution < 1.29 is 0 Å². The van der Waals surface area contributed by atoms with Crippen molar-refractivity contribution in [1.29, 1.82) is 0 Å². The van der Waals surface area contributed by atoms with Gasteiger partial charge in [0.2, 0.25) is 0 Å². The van der Waals surface area contributed by atoms with Gasteiger partial charge in [0, 0.05) is 33.7 Å². The van der Waals surface area contributed by atoms with E-state index >= 15 is 0 Å². The van der Waals surface area contributed by atoms with Gasteiger partial charge in [-0.1, -0.05) is 30.3 Å². The van der Waals surface area contributed by atoms with Crippen LogP contribution in [0.3, 0.4) is 0 Å². The fraction of sp³-hybridized carbons (Fsp3) is 0.250. The van der Waals surface area contributed by atoms with Crippen LogP contribution in [0.5, 0.6) is 0 Å². The molecule has 1 aliphatic rings. The van der Waals surface area contributed by atoms with Crippen molar-refractivity contribution in [2.45, 2.75) is 15.7 Å². The molecule has 1 N–H and O–H groups in total. The van der Waals surface area contributed by atoms with E-state index in [4.69, 9.17) is 0 Å². The first-order valence-corrected chi connectivity index (χ1v) is 8.68. The Morgan fingerprint density at radius 3 is 2.84 bits per heavy atom. The Labute approximate surface area is 123 Å². The van der Waals surface area contributed by atoms with E-state index in [0.717, 1.165) is 6.54 Å². The summed E-state index contributed by atoms with van der Waals surface area (Å²) in [7, 11) is 0. The molecule has 0 radical (unpaired) electrons. The second-order valence-corrected chi connectivity index (χ2v) is 6.54. The summed E-state index contributed by atoms with van der Waals surface area (Å²) in [5.41, 5.74) is 2.76. The normalized spacial score (nSPS) is 17.2. The summed E-state index contributed by atoms with van der Waals surface area (Å²) < 4.78 is 0. The molecule has 3 heteroatoms. The van der Waals surface area contributed by atoms with Gasteiger partial charge in [0.25, 0.3) is 0 Å². The van der Waals surface area contributed by atoms with E-state index in [1.165, 1.54) is 26.8 Å². The molecule has 1 heterocycles. The number of hydrogen-bond donors (Lipinski definition) is 1. The lowest BCUT2D eigenvalue weighted by Crippen LogP contribution is -2.12. The number of benzene rings is 2. The van der Waals surface area contributed by atoms with E-state index < -0.39 is 0 Å². The SMILES string of the molecule is CSc1ccccc1NCC1CSc2ccccc21. The van der Waals surface area contributed by atoms with E-state index in [-0.39, 0.29) is 0 Å². The first kappa shape index (κ1) is 12.9. The van der Waals surface area contributed by atoms with Crippen molar-refractivity contribution >= 4 is 29.2 Å². The van der Waals surface area contributed by atoms with E-state index in [9.17, 15) is 0 Å². The van der Waals surface area contributed by atoms with E-state index in [1.54, 1.807) is 11.8 Å². The highest BCUT2D eigenvalue weighted by molar-refractivity contribution is 7.99. The number of hydrogen-bond acceptors (Lipinski definition) is 3. The Bertz CT molecular complexity index is 568. The Hall–Kier alpha value is -1.06. The number of nitrogens with one attached hydrogen (secondary N) is 1. The Balaban J connectivity index is 1.71. The Morgan fingerprint density at radius 2 is 1.95 bits per heavy atom. The van der Waals surface area contributed by atoms with Crippen LogP contribution in [0.25, 0.3) is 0 Å². The third-order valence-electron chi connectivity index (χ3n) is 3.44. The maximum Gasteiger partial charge on any atom is 0.0478 e. The highest BCUT2D eigenvalue weighted by Crippen LogP contribution is 2.39. The lowest BCUT2D eigenvalue weighted by molar-refractivity contribution is 0.817. The smallest absolute Gasteiger partial charge is 0.0478 e. The molecule has 0 amide bonds. The first-order chi connectivity index (χ1) is 9.38. The fourth-order valence-electron chi connectivity index (χ4n) is 2.42. The molecule has 0 spiro atoms. The average Bonchev–Trinajstić information content (AvgIpc) is 2.89. The molecule has 19 heavy (non-hydrogen) atoms. The number of para-hydroxylation sites is 1. The topological polar surface area (TPSA) is 12.0 Å². The van der Waals surface area contributed by atoms with Gasteiger partial charge in [0.05, 0.1) is 0 Å². The number of rotatable bonds is 4. The van der Waals surface area contributed by atoms with Crippen molar-refractivity contribution in [2.75, 3.05) is 23.9 Å². The molecule has 2 aromatic rings. The predicted molar refractivity (Wildman–Crippen MR) is 86.6 cm³/mol. The fourth-order valence-corrected chi connectivity index (χ4v) is 4.25. The zero-order chi connectivity index (χ0) is 13.1. The van der Waals surface area contributed by atoms with Crippen LogP contribution in [-0.4, -0.2) is 18.6 Å². The van der Waals surface area contributed by atoms with Crippen LogP contribution in [0.15, 0.2) is 58.3 Å². The average molecular weight is 287 g/mol. The quantitative estimate of drug-likeness (QED) is 0.818. The summed E-state index contributed by atoms with van der Waals surface area (Å²) in [6, 6.07) is 17.3. The minimum Gasteiger partial charge on any atom is -0.383 e. The molecule has 1 atom stereocenters. The maximum absolute atomic E-state index is 3.61. The first-order valence-electron chi connectivity index (χ1n) is 6.47. The van der Waals surface area contributed by atoms with E-state index in [2.05, 4.69) is 60.1 Å². The molecular formula is C16H17NS2. The van der Waals surface area contributed by atoms with Gasteiger partial charge < -0.3 is 5.32 Å². The van der Waals surface area contributed by atoms with E-state index in [1.807, 2.05) is 11.8 Å². The van der Waals surface area contributed by atoms with Gasteiger partial charge in [0.1, 0.15) is 0 Å². The van der Waals surface area contributed by atoms with Gasteiger partial charge >= 0.3 is 0 Å². The highest BCUT2D eigenvalue weighted by atomic mass is 32.2. The Kier molecular flexibility index (Phi) is 4.04. The molecular weight excluding hydrogens is 270 g/mol. The maximum atomic E-state index is 3.61. The van der Waals surface area contributed by atoms with Crippen molar-refractivity contribution in [2.24, 2.45) is 0 Å². The van der Waals surface area contributed by atoms with Gasteiger partial charge in [-0.05, 0) is 30.0 Å². The van der Waals surface area contributed by atoms with Crippen LogP contribution in [0.2, 0.25) is 0 Å². The largest absolute Gasteiger partial charge is 0.383 e. The summed E-state index contributed by atoms with van der Waals surface area (Å²) in [6.07, 6.45) is 2.13. The van der Waals surface area contributed by atoms with E-state index in [0.29, 0.717) is 5.92 Å². The van der Waals surface area contributed by atoms with Gasteiger partial charge in [-0.25, -0.2) is 0 Å². The van der Waals surface area contributed by atoms with Crippen molar-refractivity contribution in [3.8, 4) is 0 Å². The minimum absolute atomic E-state index is 0.621. The van der Waals surface area contributed by atoms with Crippen molar-refractivity contribution in [3.63, 3.8) is 0 Å². The standard InChI is InChI=1S/C16H17NS2/c1-18-16-9-5-3-7-14(16)17-10-12-11-19-15-8-4-2-6-13(12)15/h2-9,12,17H,10-11H2,1H3. The molecule has 1 nitrogen and oxygen atoms in total. The zero-order valence-corrected chi connectivity index (χ0v) is 12.6. The van der Waals surface area contributed by atoms with Crippen LogP contribution < -0.4 is 5.32 Å². The van der Waals surface area contributed by atoms with Gasteiger partial charge in [-0.3, -0.25) is 0 Å². The molecule has 1 aliphatic heterocycles. The zero-order valence-electron chi connectivity index (χ0n) is 10.9. The summed E-state index contributed by atoms with van der Waals surface area (Å²) >= 11 is 3.77. The summed E-state index contributed by atoms with van der Waals surface area (Å²) in [6.45, 7) is 1.02. The Morgan fingerprint density at radius 1 is 1.16 bits per heavy atom. The molecule has 2 aromatic carbocycles. The van der Waals surface area contributed by atoms with Crippen LogP contribution in [0.4, 0.5) is 5.69 Å². The molecule has 98 valence electrons. The van der Waals surface area contributed by atoms with Crippen molar-refractivity contribution in [3.05, 3.63) is 54.1 Å². The minimum atomic E-state index is 0.621. The summed E-state index contributed by atoms with van der Waals surface area (Å²) in [4.78, 5) is 2.77. The predicted octanol–water partition coefficient (Wildman–Crippen LogP) is 4.71. The third-order valence-corrected chi connectivity index (χ3v) is 5.49. The number of thioether (sulfide) groups is 2. The molecule has 0 saturated carbocycles. The second kappa shape index (κ2) is 5.93. The number of fused-ring (bicyclic) bond motifs is 1. The van der Waals surface area contributed by atoms with Crippen LogP contribution in [-0.2, 0) is 0 Å². The lowest BCUT2D eigenvalue weighted by atomic mass is 10.0. The molecule has 0 bridgehead atoms. The molecule has 3 rings (SSSR count). The van der Waals surface area contributed by atoms with Crippen LogP contribution in [0.1, 0.15) is 11.5 Å². The highest BCUT2D eigenvalue weighted by Gasteiger charge is 2.22. The number of anilines is 1. The summed E-state index contributed by atoms with van der Waals surface area (Å²) in [5.74, 6) is 1.81. The van der Waals surface area contributed by atoms with Gasteiger partial charge in [-0.15, -0.1) is 23.5 Å². The molecule has 1 unspecified atom stereocenters. The molecule has 0 aliphatic carbocycles. The van der Waals surface area contributed by atoms with Gasteiger partial charge in [-0.2, -0.15) is 0 Å². The molecule has 0 fully saturated rings. The molecule has 0 aromatic heterocycles. The monoisotopic (exact) mass is 287 g/mol. The van der Waals surface area contributed by atoms with Crippen LogP contribution in [0, 0.1) is 0 Å². The van der Waals surface area contributed by atoms with Crippen LogP contribution >= 0.6 is 23.5 Å². The van der Waals surface area contributed by atoms with Gasteiger partial charge in [0.15, 0.2) is 0 Å². The second-order valence-electron chi connectivity index (χ2n) is 4.63. The third kappa shape index (κ3) is 2.77. The summed E-state index contributed by atoms with van der Waals surface area (Å²) in [5, 5.41) is 3.61. The lowest BCUT2D eigenvalue weighted by Gasteiger charge is -2.15. The molecule has 0 saturated heterocycles. The van der Waals surface area contributed by atoms with Crippen molar-refractivity contribution in [1.82, 2.24) is 0 Å².